The van der Waals surface area contributed by atoms with Crippen LogP contribution in [-0.2, 0) is 24.3 Å². The van der Waals surface area contributed by atoms with Crippen molar-refractivity contribution in [3.8, 4) is 11.5 Å². The Morgan fingerprint density at radius 2 is 1.75 bits per heavy atom. The monoisotopic (exact) mass is 377 g/mol. The van der Waals surface area contributed by atoms with Crippen LogP contribution in [0.2, 0.25) is 0 Å². The fourth-order valence-corrected chi connectivity index (χ4v) is 3.13. The summed E-state index contributed by atoms with van der Waals surface area (Å²) in [4.78, 5) is 12.2. The second-order valence-electron chi connectivity index (χ2n) is 6.77. The Morgan fingerprint density at radius 1 is 1.00 bits per heavy atom. The molecule has 6 heteroatoms. The molecule has 0 aliphatic carbocycles. The minimum Gasteiger partial charge on any atom is -0.486 e. The minimum atomic E-state index is 0.0375. The van der Waals surface area contributed by atoms with Crippen molar-refractivity contribution in [2.75, 3.05) is 13.2 Å². The highest BCUT2D eigenvalue weighted by atomic mass is 16.6. The van der Waals surface area contributed by atoms with Crippen LogP contribution in [0.1, 0.15) is 23.1 Å². The number of aryl methyl sites for hydroxylation is 1. The Morgan fingerprint density at radius 3 is 2.54 bits per heavy atom. The van der Waals surface area contributed by atoms with Crippen molar-refractivity contribution < 1.29 is 14.3 Å². The molecule has 0 fully saturated rings. The van der Waals surface area contributed by atoms with Crippen molar-refractivity contribution in [3.05, 3.63) is 77.6 Å². The summed E-state index contributed by atoms with van der Waals surface area (Å²) >= 11 is 0. The molecule has 0 spiro atoms. The number of hydrogen-bond acceptors (Lipinski definition) is 4. The summed E-state index contributed by atoms with van der Waals surface area (Å²) in [5, 5.41) is 7.19. The molecule has 2 aromatic carbocycles. The van der Waals surface area contributed by atoms with Crippen LogP contribution in [0.4, 0.5) is 0 Å². The first-order chi connectivity index (χ1) is 13.8. The second-order valence-corrected chi connectivity index (χ2v) is 6.77. The molecule has 4 rings (SSSR count). The molecule has 0 radical (unpaired) electrons. The molecule has 1 aromatic heterocycles. The summed E-state index contributed by atoms with van der Waals surface area (Å²) in [6, 6.07) is 16.0. The van der Waals surface area contributed by atoms with Crippen LogP contribution < -0.4 is 14.8 Å². The highest BCUT2D eigenvalue weighted by Crippen LogP contribution is 2.31. The summed E-state index contributed by atoms with van der Waals surface area (Å²) in [6.45, 7) is 2.42. The van der Waals surface area contributed by atoms with Gasteiger partial charge in [-0.2, -0.15) is 5.10 Å². The molecule has 6 nitrogen and oxygen atoms in total. The summed E-state index contributed by atoms with van der Waals surface area (Å²) in [5.41, 5.74) is 3.33. The van der Waals surface area contributed by atoms with Gasteiger partial charge in [0.05, 0.1) is 6.54 Å². The quantitative estimate of drug-likeness (QED) is 0.688. The van der Waals surface area contributed by atoms with E-state index >= 15 is 0 Å². The van der Waals surface area contributed by atoms with Gasteiger partial charge < -0.3 is 14.8 Å². The molecule has 0 bridgehead atoms. The molecular formula is C22H23N3O3. The Bertz CT molecular complexity index is 921. The van der Waals surface area contributed by atoms with Crippen molar-refractivity contribution in [1.82, 2.24) is 15.1 Å². The molecule has 0 saturated carbocycles. The molecule has 1 amide bonds. The molecule has 0 atom stereocenters. The largest absolute Gasteiger partial charge is 0.486 e. The van der Waals surface area contributed by atoms with E-state index in [4.69, 9.17) is 9.47 Å². The normalized spacial score (nSPS) is 12.6. The number of ether oxygens (including phenoxy) is 2. The molecule has 1 aliphatic rings. The third kappa shape index (κ3) is 4.71. The van der Waals surface area contributed by atoms with Gasteiger partial charge in [0.25, 0.3) is 0 Å². The zero-order chi connectivity index (χ0) is 19.2. The minimum absolute atomic E-state index is 0.0375. The average molecular weight is 377 g/mol. The summed E-state index contributed by atoms with van der Waals surface area (Å²) in [7, 11) is 0. The third-order valence-corrected chi connectivity index (χ3v) is 4.66. The van der Waals surface area contributed by atoms with E-state index in [0.717, 1.165) is 29.2 Å². The highest BCUT2D eigenvalue weighted by molar-refractivity contribution is 5.76. The third-order valence-electron chi connectivity index (χ3n) is 4.66. The number of amides is 1. The maximum atomic E-state index is 12.2. The van der Waals surface area contributed by atoms with Gasteiger partial charge in [-0.25, -0.2) is 0 Å². The SMILES string of the molecule is O=C(CCc1ccc2c(c1)OCCO2)NCc1ccc(Cn2cccn2)cc1. The summed E-state index contributed by atoms with van der Waals surface area (Å²) in [6.07, 6.45) is 4.83. The van der Waals surface area contributed by atoms with Gasteiger partial charge in [-0.3, -0.25) is 9.48 Å². The van der Waals surface area contributed by atoms with Gasteiger partial charge in [-0.15, -0.1) is 0 Å². The van der Waals surface area contributed by atoms with Crippen molar-refractivity contribution in [1.29, 1.82) is 0 Å². The smallest absolute Gasteiger partial charge is 0.220 e. The Hall–Kier alpha value is -3.28. The van der Waals surface area contributed by atoms with E-state index in [1.54, 1.807) is 6.20 Å². The van der Waals surface area contributed by atoms with E-state index in [1.165, 1.54) is 5.56 Å². The van der Waals surface area contributed by atoms with Crippen LogP contribution in [0.3, 0.4) is 0 Å². The van der Waals surface area contributed by atoms with Crippen LogP contribution in [-0.4, -0.2) is 28.9 Å². The number of aromatic nitrogens is 2. The Kier molecular flexibility index (Phi) is 5.56. The lowest BCUT2D eigenvalue weighted by Gasteiger charge is -2.18. The van der Waals surface area contributed by atoms with Crippen LogP contribution >= 0.6 is 0 Å². The van der Waals surface area contributed by atoms with Crippen LogP contribution in [0, 0.1) is 0 Å². The number of nitrogens with zero attached hydrogens (tertiary/aromatic N) is 2. The lowest BCUT2D eigenvalue weighted by Crippen LogP contribution is -2.23. The number of rotatable bonds is 7. The first-order valence-electron chi connectivity index (χ1n) is 9.47. The van der Waals surface area contributed by atoms with Crippen molar-refractivity contribution >= 4 is 5.91 Å². The lowest BCUT2D eigenvalue weighted by molar-refractivity contribution is -0.121. The van der Waals surface area contributed by atoms with E-state index in [9.17, 15) is 4.79 Å². The number of benzene rings is 2. The Labute approximate surface area is 164 Å². The number of nitrogens with one attached hydrogen (secondary N) is 1. The summed E-state index contributed by atoms with van der Waals surface area (Å²) < 4.78 is 13.0. The molecule has 1 aliphatic heterocycles. The van der Waals surface area contributed by atoms with Gasteiger partial charge in [0.1, 0.15) is 13.2 Å². The van der Waals surface area contributed by atoms with Crippen LogP contribution in [0.5, 0.6) is 11.5 Å². The van der Waals surface area contributed by atoms with E-state index in [0.29, 0.717) is 32.6 Å². The molecule has 144 valence electrons. The fraction of sp³-hybridized carbons (Fsp3) is 0.273. The van der Waals surface area contributed by atoms with Gasteiger partial charge in [-0.1, -0.05) is 30.3 Å². The number of hydrogen-bond donors (Lipinski definition) is 1. The molecule has 28 heavy (non-hydrogen) atoms. The van der Waals surface area contributed by atoms with Gasteiger partial charge in [-0.05, 0) is 41.3 Å². The number of fused-ring (bicyclic) bond motifs is 1. The first kappa shape index (κ1) is 18.1. The second kappa shape index (κ2) is 8.61. The van der Waals surface area contributed by atoms with E-state index < -0.39 is 0 Å². The van der Waals surface area contributed by atoms with Crippen molar-refractivity contribution in [3.63, 3.8) is 0 Å². The molecule has 0 saturated heterocycles. The lowest BCUT2D eigenvalue weighted by atomic mass is 10.1. The number of carbonyl (C=O) groups is 1. The zero-order valence-electron chi connectivity index (χ0n) is 15.6. The van der Waals surface area contributed by atoms with E-state index in [1.807, 2.05) is 47.3 Å². The molecule has 2 heterocycles. The average Bonchev–Trinajstić information content (AvgIpc) is 3.24. The first-order valence-corrected chi connectivity index (χ1v) is 9.47. The zero-order valence-corrected chi connectivity index (χ0v) is 15.6. The maximum absolute atomic E-state index is 12.2. The van der Waals surface area contributed by atoms with Crippen LogP contribution in [0.25, 0.3) is 0 Å². The van der Waals surface area contributed by atoms with E-state index in [2.05, 4.69) is 22.5 Å². The molecule has 0 unspecified atom stereocenters. The fourth-order valence-electron chi connectivity index (χ4n) is 3.13. The Balaban J connectivity index is 1.23. The number of carbonyl (C=O) groups excluding carboxylic acids is 1. The predicted octanol–water partition coefficient (Wildman–Crippen LogP) is 2.95. The standard InChI is InChI=1S/C22H23N3O3/c26-22(9-7-17-6-8-20-21(14-17)28-13-12-27-20)23-15-18-2-4-19(5-3-18)16-25-11-1-10-24-25/h1-6,8,10-11,14H,7,9,12-13,15-16H2,(H,23,26). The van der Waals surface area contributed by atoms with Crippen molar-refractivity contribution in [2.24, 2.45) is 0 Å². The maximum Gasteiger partial charge on any atom is 0.220 e. The van der Waals surface area contributed by atoms with Gasteiger partial charge in [0.2, 0.25) is 5.91 Å². The van der Waals surface area contributed by atoms with E-state index in [-0.39, 0.29) is 5.91 Å². The predicted molar refractivity (Wildman–Crippen MR) is 105 cm³/mol. The van der Waals surface area contributed by atoms with Crippen molar-refractivity contribution in [2.45, 2.75) is 25.9 Å². The molecular weight excluding hydrogens is 354 g/mol. The van der Waals surface area contributed by atoms with Gasteiger partial charge >= 0.3 is 0 Å². The highest BCUT2D eigenvalue weighted by Gasteiger charge is 2.12. The molecule has 3 aromatic rings. The summed E-state index contributed by atoms with van der Waals surface area (Å²) in [5.74, 6) is 1.57. The van der Waals surface area contributed by atoms with Crippen LogP contribution in [0.15, 0.2) is 60.9 Å². The van der Waals surface area contributed by atoms with Gasteiger partial charge in [0, 0.05) is 25.4 Å². The topological polar surface area (TPSA) is 65.4 Å². The van der Waals surface area contributed by atoms with Gasteiger partial charge in [0.15, 0.2) is 11.5 Å². The molecule has 1 N–H and O–H groups in total.